The fourth-order valence-electron chi connectivity index (χ4n) is 1.49. The van der Waals surface area contributed by atoms with Crippen molar-refractivity contribution in [3.63, 3.8) is 0 Å². The molecule has 3 nitrogen and oxygen atoms in total. The number of rotatable bonds is 2. The first-order chi connectivity index (χ1) is 7.47. The molecular weight excluding hydrogens is 224 g/mol. The quantitative estimate of drug-likeness (QED) is 0.805. The Labute approximate surface area is 94.6 Å². The average Bonchev–Trinajstić information content (AvgIpc) is 2.64. The first kappa shape index (κ1) is 11.0. The van der Waals surface area contributed by atoms with Crippen molar-refractivity contribution in [2.45, 2.75) is 11.8 Å². The van der Waals surface area contributed by atoms with Crippen LogP contribution in [0, 0.1) is 6.92 Å². The molecule has 1 aromatic carbocycles. The van der Waals surface area contributed by atoms with Gasteiger partial charge in [0.15, 0.2) is 9.84 Å². The van der Waals surface area contributed by atoms with Crippen LogP contribution in [-0.2, 0) is 9.84 Å². The van der Waals surface area contributed by atoms with Crippen molar-refractivity contribution in [2.75, 3.05) is 6.26 Å². The molecular formula is C12H12O3S. The Balaban J connectivity index is 2.40. The lowest BCUT2D eigenvalue weighted by Crippen LogP contribution is -1.95. The van der Waals surface area contributed by atoms with Gasteiger partial charge in [0, 0.05) is 11.8 Å². The molecule has 0 aliphatic carbocycles. The predicted molar refractivity (Wildman–Crippen MR) is 62.0 cm³/mol. The minimum atomic E-state index is -3.12. The molecule has 0 bridgehead atoms. The van der Waals surface area contributed by atoms with E-state index >= 15 is 0 Å². The molecule has 0 unspecified atom stereocenters. The number of furan rings is 1. The first-order valence-corrected chi connectivity index (χ1v) is 6.71. The van der Waals surface area contributed by atoms with Crippen LogP contribution in [-0.4, -0.2) is 14.7 Å². The molecule has 1 heterocycles. The Morgan fingerprint density at radius 1 is 1.06 bits per heavy atom. The van der Waals surface area contributed by atoms with Gasteiger partial charge in [-0.25, -0.2) is 8.42 Å². The van der Waals surface area contributed by atoms with Crippen molar-refractivity contribution in [3.05, 3.63) is 42.4 Å². The van der Waals surface area contributed by atoms with Gasteiger partial charge >= 0.3 is 0 Å². The summed E-state index contributed by atoms with van der Waals surface area (Å²) in [6.45, 7) is 1.87. The predicted octanol–water partition coefficient (Wildman–Crippen LogP) is 2.66. The Bertz CT molecular complexity index is 591. The van der Waals surface area contributed by atoms with E-state index in [1.54, 1.807) is 30.5 Å². The van der Waals surface area contributed by atoms with E-state index in [-0.39, 0.29) is 0 Å². The third kappa shape index (κ3) is 2.17. The molecule has 0 N–H and O–H groups in total. The topological polar surface area (TPSA) is 47.3 Å². The monoisotopic (exact) mass is 236 g/mol. The lowest BCUT2D eigenvalue weighted by molar-refractivity contribution is 0.535. The molecule has 2 rings (SSSR count). The second-order valence-corrected chi connectivity index (χ2v) is 5.76. The Kier molecular flexibility index (Phi) is 2.59. The zero-order chi connectivity index (χ0) is 11.8. The zero-order valence-corrected chi connectivity index (χ0v) is 9.91. The number of aryl methyl sites for hydroxylation is 1. The largest absolute Gasteiger partial charge is 0.469 e. The molecule has 1 aromatic heterocycles. The number of hydrogen-bond donors (Lipinski definition) is 0. The smallest absolute Gasteiger partial charge is 0.175 e. The van der Waals surface area contributed by atoms with E-state index < -0.39 is 9.84 Å². The summed E-state index contributed by atoms with van der Waals surface area (Å²) in [4.78, 5) is 0.330. The van der Waals surface area contributed by atoms with Gasteiger partial charge in [0.05, 0.1) is 11.2 Å². The third-order valence-electron chi connectivity index (χ3n) is 2.35. The summed E-state index contributed by atoms with van der Waals surface area (Å²) in [6.07, 6.45) is 2.86. The van der Waals surface area contributed by atoms with E-state index in [0.29, 0.717) is 4.90 Å². The van der Waals surface area contributed by atoms with Gasteiger partial charge < -0.3 is 4.42 Å². The maximum Gasteiger partial charge on any atom is 0.175 e. The molecule has 0 amide bonds. The van der Waals surface area contributed by atoms with Gasteiger partial charge in [0.1, 0.15) is 5.76 Å². The van der Waals surface area contributed by atoms with Gasteiger partial charge in [-0.15, -0.1) is 0 Å². The van der Waals surface area contributed by atoms with Crippen LogP contribution in [0.15, 0.2) is 45.9 Å². The Morgan fingerprint density at radius 2 is 1.69 bits per heavy atom. The lowest BCUT2D eigenvalue weighted by Gasteiger charge is -2.00. The molecule has 0 aliphatic rings. The molecule has 0 aliphatic heterocycles. The van der Waals surface area contributed by atoms with E-state index in [1.165, 1.54) is 6.26 Å². The molecule has 0 atom stereocenters. The van der Waals surface area contributed by atoms with Gasteiger partial charge in [-0.1, -0.05) is 12.1 Å². The molecule has 0 radical (unpaired) electrons. The van der Waals surface area contributed by atoms with Crippen LogP contribution in [0.2, 0.25) is 0 Å². The Morgan fingerprint density at radius 3 is 2.12 bits per heavy atom. The second kappa shape index (κ2) is 3.79. The highest BCUT2D eigenvalue weighted by atomic mass is 32.2. The van der Waals surface area contributed by atoms with Crippen LogP contribution in [0.4, 0.5) is 0 Å². The molecule has 16 heavy (non-hydrogen) atoms. The van der Waals surface area contributed by atoms with Crippen molar-refractivity contribution in [2.24, 2.45) is 0 Å². The van der Waals surface area contributed by atoms with Crippen LogP contribution in [0.1, 0.15) is 5.76 Å². The number of sulfone groups is 1. The van der Waals surface area contributed by atoms with Crippen molar-refractivity contribution < 1.29 is 12.8 Å². The minimum Gasteiger partial charge on any atom is -0.469 e. The van der Waals surface area contributed by atoms with Crippen LogP contribution in [0.3, 0.4) is 0 Å². The maximum atomic E-state index is 11.3. The normalized spacial score (nSPS) is 11.6. The van der Waals surface area contributed by atoms with Gasteiger partial charge in [0.25, 0.3) is 0 Å². The molecule has 0 saturated carbocycles. The summed E-state index contributed by atoms with van der Waals surface area (Å²) in [5.41, 5.74) is 1.90. The zero-order valence-electron chi connectivity index (χ0n) is 9.10. The minimum absolute atomic E-state index is 0.330. The molecule has 0 saturated heterocycles. The highest BCUT2D eigenvalue weighted by Gasteiger charge is 2.07. The van der Waals surface area contributed by atoms with Gasteiger partial charge in [-0.3, -0.25) is 0 Å². The van der Waals surface area contributed by atoms with Gasteiger partial charge in [-0.05, 0) is 30.7 Å². The van der Waals surface area contributed by atoms with Crippen LogP contribution >= 0.6 is 0 Å². The van der Waals surface area contributed by atoms with Crippen LogP contribution < -0.4 is 0 Å². The summed E-state index contributed by atoms with van der Waals surface area (Å²) in [6, 6.07) is 8.68. The molecule has 84 valence electrons. The Hall–Kier alpha value is -1.55. The van der Waals surface area contributed by atoms with Crippen molar-refractivity contribution >= 4 is 9.84 Å². The lowest BCUT2D eigenvalue weighted by atomic mass is 10.1. The van der Waals surface area contributed by atoms with Crippen molar-refractivity contribution in [1.82, 2.24) is 0 Å². The summed E-state index contributed by atoms with van der Waals surface area (Å²) >= 11 is 0. The van der Waals surface area contributed by atoms with Gasteiger partial charge in [-0.2, -0.15) is 0 Å². The van der Waals surface area contributed by atoms with Crippen molar-refractivity contribution in [1.29, 1.82) is 0 Å². The summed E-state index contributed by atoms with van der Waals surface area (Å²) in [5.74, 6) is 0.835. The van der Waals surface area contributed by atoms with E-state index in [0.717, 1.165) is 16.9 Å². The standard InChI is InChI=1S/C12H12O3S/c1-9-7-11(8-15-9)10-3-5-12(6-4-10)16(2,13)14/h3-8H,1-2H3. The first-order valence-electron chi connectivity index (χ1n) is 4.82. The van der Waals surface area contributed by atoms with Crippen LogP contribution in [0.5, 0.6) is 0 Å². The molecule has 4 heteroatoms. The average molecular weight is 236 g/mol. The van der Waals surface area contributed by atoms with Crippen LogP contribution in [0.25, 0.3) is 11.1 Å². The van der Waals surface area contributed by atoms with E-state index in [9.17, 15) is 8.42 Å². The van der Waals surface area contributed by atoms with E-state index in [2.05, 4.69) is 0 Å². The SMILES string of the molecule is Cc1cc(-c2ccc(S(C)(=O)=O)cc2)co1. The third-order valence-corrected chi connectivity index (χ3v) is 3.47. The summed E-state index contributed by atoms with van der Waals surface area (Å²) in [5, 5.41) is 0. The maximum absolute atomic E-state index is 11.3. The number of benzene rings is 1. The summed E-state index contributed by atoms with van der Waals surface area (Å²) < 4.78 is 27.7. The number of hydrogen-bond acceptors (Lipinski definition) is 3. The summed E-state index contributed by atoms with van der Waals surface area (Å²) in [7, 11) is -3.12. The molecule has 0 spiro atoms. The fraction of sp³-hybridized carbons (Fsp3) is 0.167. The molecule has 2 aromatic rings. The van der Waals surface area contributed by atoms with Gasteiger partial charge in [0.2, 0.25) is 0 Å². The van der Waals surface area contributed by atoms with E-state index in [1.807, 2.05) is 13.0 Å². The second-order valence-electron chi connectivity index (χ2n) is 3.74. The molecule has 0 fully saturated rings. The highest BCUT2D eigenvalue weighted by molar-refractivity contribution is 7.90. The fourth-order valence-corrected chi connectivity index (χ4v) is 2.12. The van der Waals surface area contributed by atoms with Crippen molar-refractivity contribution in [3.8, 4) is 11.1 Å². The van der Waals surface area contributed by atoms with E-state index in [4.69, 9.17) is 4.42 Å². The highest BCUT2D eigenvalue weighted by Crippen LogP contribution is 2.23.